The highest BCUT2D eigenvalue weighted by molar-refractivity contribution is 7.99. The van der Waals surface area contributed by atoms with E-state index in [1.54, 1.807) is 12.1 Å². The number of thioether (sulfide) groups is 1. The largest absolute Gasteiger partial charge is 0.418 e. The van der Waals surface area contributed by atoms with Crippen molar-refractivity contribution in [2.24, 2.45) is 0 Å². The lowest BCUT2D eigenvalue weighted by molar-refractivity contribution is -0.137. The molecule has 14 heteroatoms. The minimum Gasteiger partial charge on any atom is -0.381 e. The third kappa shape index (κ3) is 11.5. The summed E-state index contributed by atoms with van der Waals surface area (Å²) >= 11 is 7.90. The standard InChI is InChI=1S/C43H45ClF3N5O3S2/c1-50(2)22-21-35(30-56-37-11-7-4-8-12-37)48-41-20-18-38(28-40(41)43(45,46)47)57(54,55)49-42(53)32-13-16-36(17-14-32)52-25-23-51(24-26-52)29-33-27-34(44)15-19-39(33)31-9-5-3-6-10-31/h3-20,27-28,35,48H,21-26,29-30H2,1-2H3,(H,49,53)/t35-/m1/s1. The monoisotopic (exact) mass is 835 g/mol. The molecule has 1 fully saturated rings. The van der Waals surface area contributed by atoms with Crippen molar-refractivity contribution in [2.45, 2.75) is 35.0 Å². The second-order valence-electron chi connectivity index (χ2n) is 14.2. The van der Waals surface area contributed by atoms with Crippen LogP contribution in [0.4, 0.5) is 24.5 Å². The summed E-state index contributed by atoms with van der Waals surface area (Å²) in [4.78, 5) is 20.0. The summed E-state index contributed by atoms with van der Waals surface area (Å²) in [6.07, 6.45) is -4.31. The van der Waals surface area contributed by atoms with E-state index in [0.717, 1.165) is 72.1 Å². The molecule has 2 N–H and O–H groups in total. The number of rotatable bonds is 15. The van der Waals surface area contributed by atoms with Crippen molar-refractivity contribution in [3.05, 3.63) is 143 Å². The van der Waals surface area contributed by atoms with Crippen LogP contribution < -0.4 is 14.9 Å². The van der Waals surface area contributed by atoms with E-state index in [1.807, 2.05) is 84.4 Å². The van der Waals surface area contributed by atoms with Gasteiger partial charge in [-0.25, -0.2) is 13.1 Å². The minimum atomic E-state index is -4.86. The third-order valence-corrected chi connectivity index (χ3v) is 12.5. The number of hydrogen-bond donors (Lipinski definition) is 2. The first kappa shape index (κ1) is 42.1. The number of alkyl halides is 3. The van der Waals surface area contributed by atoms with E-state index in [4.69, 9.17) is 11.6 Å². The van der Waals surface area contributed by atoms with Gasteiger partial charge in [0.15, 0.2) is 0 Å². The molecule has 1 aliphatic heterocycles. The van der Waals surface area contributed by atoms with Crippen LogP contribution in [0.3, 0.4) is 0 Å². The van der Waals surface area contributed by atoms with Crippen molar-refractivity contribution >= 4 is 50.7 Å². The molecular formula is C43H45ClF3N5O3S2. The third-order valence-electron chi connectivity index (χ3n) is 9.73. The van der Waals surface area contributed by atoms with Gasteiger partial charge < -0.3 is 15.1 Å². The predicted molar refractivity (Wildman–Crippen MR) is 225 cm³/mol. The first-order valence-corrected chi connectivity index (χ1v) is 21.4. The molecular weight excluding hydrogens is 791 g/mol. The van der Waals surface area contributed by atoms with Crippen molar-refractivity contribution in [2.75, 3.05) is 62.8 Å². The maximum atomic E-state index is 14.4. The number of benzene rings is 5. The summed E-state index contributed by atoms with van der Waals surface area (Å²) in [5.74, 6) is -0.459. The molecule has 0 aromatic heterocycles. The highest BCUT2D eigenvalue weighted by Crippen LogP contribution is 2.37. The van der Waals surface area contributed by atoms with Crippen molar-refractivity contribution in [1.29, 1.82) is 0 Å². The summed E-state index contributed by atoms with van der Waals surface area (Å²) in [5.41, 5.74) is 2.98. The molecule has 300 valence electrons. The van der Waals surface area contributed by atoms with Crippen LogP contribution in [0.1, 0.15) is 27.9 Å². The predicted octanol–water partition coefficient (Wildman–Crippen LogP) is 8.99. The molecule has 6 rings (SSSR count). The lowest BCUT2D eigenvalue weighted by Crippen LogP contribution is -2.46. The molecule has 5 aromatic carbocycles. The zero-order valence-electron chi connectivity index (χ0n) is 31.7. The molecule has 1 heterocycles. The van der Waals surface area contributed by atoms with Gasteiger partial charge >= 0.3 is 6.18 Å². The normalized spacial score (nSPS) is 14.4. The summed E-state index contributed by atoms with van der Waals surface area (Å²) in [6, 6.07) is 34.6. The number of halogens is 4. The molecule has 0 saturated carbocycles. The van der Waals surface area contributed by atoms with Crippen LogP contribution in [0.5, 0.6) is 0 Å². The Bertz CT molecular complexity index is 2220. The number of carbonyl (C=O) groups is 1. The van der Waals surface area contributed by atoms with Crippen LogP contribution in [0.15, 0.2) is 131 Å². The number of piperazine rings is 1. The number of sulfonamides is 1. The van der Waals surface area contributed by atoms with Gasteiger partial charge in [0, 0.05) is 71.4 Å². The first-order valence-electron chi connectivity index (χ1n) is 18.5. The van der Waals surface area contributed by atoms with E-state index in [9.17, 15) is 26.4 Å². The molecule has 0 aliphatic carbocycles. The van der Waals surface area contributed by atoms with Crippen LogP contribution in [-0.4, -0.2) is 82.7 Å². The zero-order valence-corrected chi connectivity index (χ0v) is 34.1. The van der Waals surface area contributed by atoms with Gasteiger partial charge in [-0.1, -0.05) is 66.2 Å². The molecule has 8 nitrogen and oxygen atoms in total. The molecule has 0 spiro atoms. The number of nitrogens with zero attached hydrogens (tertiary/aromatic N) is 3. The van der Waals surface area contributed by atoms with E-state index < -0.39 is 32.6 Å². The number of anilines is 2. The van der Waals surface area contributed by atoms with Gasteiger partial charge in [0.2, 0.25) is 0 Å². The van der Waals surface area contributed by atoms with Gasteiger partial charge in [0.25, 0.3) is 15.9 Å². The molecule has 0 unspecified atom stereocenters. The molecule has 1 saturated heterocycles. The Morgan fingerprint density at radius 3 is 2.18 bits per heavy atom. The van der Waals surface area contributed by atoms with Crippen LogP contribution in [-0.2, 0) is 22.7 Å². The van der Waals surface area contributed by atoms with Crippen molar-refractivity contribution in [3.63, 3.8) is 0 Å². The van der Waals surface area contributed by atoms with E-state index in [2.05, 4.69) is 33.3 Å². The molecule has 57 heavy (non-hydrogen) atoms. The second-order valence-corrected chi connectivity index (χ2v) is 17.4. The van der Waals surface area contributed by atoms with Crippen molar-refractivity contribution < 1.29 is 26.4 Å². The fourth-order valence-electron chi connectivity index (χ4n) is 6.66. The number of nitrogens with one attached hydrogen (secondary N) is 2. The lowest BCUT2D eigenvalue weighted by atomic mass is 9.99. The minimum absolute atomic E-state index is 0.0596. The van der Waals surface area contributed by atoms with E-state index >= 15 is 0 Å². The highest BCUT2D eigenvalue weighted by atomic mass is 35.5. The number of carbonyl (C=O) groups excluding carboxylic acids is 1. The van der Waals surface area contributed by atoms with Gasteiger partial charge in [-0.3, -0.25) is 9.69 Å². The Balaban J connectivity index is 1.08. The van der Waals surface area contributed by atoms with Crippen molar-refractivity contribution in [1.82, 2.24) is 14.5 Å². The fraction of sp³-hybridized carbons (Fsp3) is 0.279. The molecule has 0 bridgehead atoms. The molecule has 1 amide bonds. The fourth-order valence-corrected chi connectivity index (χ4v) is 8.84. The van der Waals surface area contributed by atoms with Crippen LogP contribution >= 0.6 is 23.4 Å². The quantitative estimate of drug-likeness (QED) is 0.101. The highest BCUT2D eigenvalue weighted by Gasteiger charge is 2.36. The summed E-state index contributed by atoms with van der Waals surface area (Å²) in [5, 5.41) is 3.71. The Labute approximate surface area is 342 Å². The Morgan fingerprint density at radius 1 is 0.860 bits per heavy atom. The SMILES string of the molecule is CN(C)CC[C@H](CSc1ccccc1)Nc1ccc(S(=O)(=O)NC(=O)c2ccc(N3CCN(Cc4cc(Cl)ccc4-c4ccccc4)CC3)cc2)cc1C(F)(F)F. The van der Waals surface area contributed by atoms with Gasteiger partial charge in [0.1, 0.15) is 0 Å². The van der Waals surface area contributed by atoms with Gasteiger partial charge in [0.05, 0.1) is 10.5 Å². The smallest absolute Gasteiger partial charge is 0.381 e. The topological polar surface area (TPSA) is 85.0 Å². The average Bonchev–Trinajstić information content (AvgIpc) is 3.19. The summed E-state index contributed by atoms with van der Waals surface area (Å²) < 4.78 is 71.8. The first-order chi connectivity index (χ1) is 27.2. The average molecular weight is 836 g/mol. The van der Waals surface area contributed by atoms with Gasteiger partial charge in [-0.05, 0) is 110 Å². The molecule has 0 radical (unpaired) electrons. The Kier molecular flexibility index (Phi) is 13.9. The maximum Gasteiger partial charge on any atom is 0.418 e. The van der Waals surface area contributed by atoms with E-state index in [-0.39, 0.29) is 17.3 Å². The Hall–Kier alpha value is -4.53. The summed E-state index contributed by atoms with van der Waals surface area (Å²) in [6.45, 7) is 4.41. The van der Waals surface area contributed by atoms with Crippen LogP contribution in [0.25, 0.3) is 11.1 Å². The van der Waals surface area contributed by atoms with Crippen molar-refractivity contribution in [3.8, 4) is 11.1 Å². The molecule has 1 atom stereocenters. The summed E-state index contributed by atoms with van der Waals surface area (Å²) in [7, 11) is -0.877. The second kappa shape index (κ2) is 18.8. The maximum absolute atomic E-state index is 14.4. The molecule has 1 aliphatic rings. The lowest BCUT2D eigenvalue weighted by Gasteiger charge is -2.36. The molecule has 5 aromatic rings. The van der Waals surface area contributed by atoms with Gasteiger partial charge in [-0.15, -0.1) is 11.8 Å². The Morgan fingerprint density at radius 2 is 1.53 bits per heavy atom. The number of amides is 1. The van der Waals surface area contributed by atoms with Crippen LogP contribution in [0.2, 0.25) is 5.02 Å². The van der Waals surface area contributed by atoms with E-state index in [1.165, 1.54) is 23.9 Å². The van der Waals surface area contributed by atoms with Crippen LogP contribution in [0, 0.1) is 0 Å². The van der Waals surface area contributed by atoms with Gasteiger partial charge in [-0.2, -0.15) is 13.2 Å². The number of hydrogen-bond acceptors (Lipinski definition) is 8. The van der Waals surface area contributed by atoms with E-state index in [0.29, 0.717) is 29.8 Å². The zero-order chi connectivity index (χ0) is 40.6.